The Bertz CT molecular complexity index is 1280. The Morgan fingerprint density at radius 1 is 0.844 bits per heavy atom. The fourth-order valence-corrected chi connectivity index (χ4v) is 4.73. The largest absolute Gasteiger partial charge is 0.497 e. The molecule has 5 heteroatoms. The number of methoxy groups -OCH3 is 2. The van der Waals surface area contributed by atoms with Crippen molar-refractivity contribution < 1.29 is 18.6 Å². The van der Waals surface area contributed by atoms with Gasteiger partial charge in [-0.1, -0.05) is 52.3 Å². The van der Waals surface area contributed by atoms with Crippen LogP contribution in [0.2, 0.25) is 0 Å². The number of hydrogen-bond donors (Lipinski definition) is 0. The molecule has 0 unspecified atom stereocenters. The SMILES string of the molecule is COc1ccc(C2(c3ccc(OC)cc3)C=Cc3c(Br)cc4cccc(F)c4c3O2)cc1. The van der Waals surface area contributed by atoms with Gasteiger partial charge in [-0.2, -0.15) is 0 Å². The van der Waals surface area contributed by atoms with Gasteiger partial charge in [0, 0.05) is 21.2 Å². The number of fused-ring (bicyclic) bond motifs is 3. The molecule has 0 bridgehead atoms. The average molecular weight is 491 g/mol. The molecule has 0 radical (unpaired) electrons. The highest BCUT2D eigenvalue weighted by atomic mass is 79.9. The summed E-state index contributed by atoms with van der Waals surface area (Å²) >= 11 is 3.63. The Hall–Kier alpha value is -3.31. The van der Waals surface area contributed by atoms with E-state index in [0.717, 1.165) is 38.0 Å². The molecule has 1 aliphatic rings. The first kappa shape index (κ1) is 20.6. The normalized spacial score (nSPS) is 14.0. The predicted octanol–water partition coefficient (Wildman–Crippen LogP) is 7.11. The first-order valence-corrected chi connectivity index (χ1v) is 10.9. The lowest BCUT2D eigenvalue weighted by atomic mass is 9.83. The van der Waals surface area contributed by atoms with Gasteiger partial charge in [-0.05, 0) is 53.9 Å². The summed E-state index contributed by atoms with van der Waals surface area (Å²) in [5, 5.41) is 1.23. The van der Waals surface area contributed by atoms with Crippen molar-refractivity contribution in [3.05, 3.63) is 106 Å². The monoisotopic (exact) mass is 490 g/mol. The van der Waals surface area contributed by atoms with Crippen LogP contribution in [0.5, 0.6) is 17.2 Å². The zero-order valence-electron chi connectivity index (χ0n) is 17.6. The smallest absolute Gasteiger partial charge is 0.178 e. The maximum atomic E-state index is 15.0. The van der Waals surface area contributed by atoms with Crippen molar-refractivity contribution in [3.8, 4) is 17.2 Å². The highest BCUT2D eigenvalue weighted by Gasteiger charge is 2.38. The van der Waals surface area contributed by atoms with E-state index in [0.29, 0.717) is 11.1 Å². The molecule has 4 aromatic carbocycles. The molecule has 0 aromatic heterocycles. The van der Waals surface area contributed by atoms with E-state index in [9.17, 15) is 0 Å². The first-order valence-electron chi connectivity index (χ1n) is 10.1. The van der Waals surface area contributed by atoms with Crippen molar-refractivity contribution in [2.75, 3.05) is 14.2 Å². The number of ether oxygens (including phenoxy) is 3. The van der Waals surface area contributed by atoms with Crippen LogP contribution in [-0.4, -0.2) is 14.2 Å². The van der Waals surface area contributed by atoms with E-state index in [-0.39, 0.29) is 5.82 Å². The molecular weight excluding hydrogens is 471 g/mol. The van der Waals surface area contributed by atoms with Crippen LogP contribution in [-0.2, 0) is 5.60 Å². The second-order valence-corrected chi connectivity index (χ2v) is 8.42. The van der Waals surface area contributed by atoms with Crippen molar-refractivity contribution >= 4 is 32.8 Å². The lowest BCUT2D eigenvalue weighted by Crippen LogP contribution is -2.34. The van der Waals surface area contributed by atoms with E-state index in [4.69, 9.17) is 14.2 Å². The molecule has 3 nitrogen and oxygen atoms in total. The lowest BCUT2D eigenvalue weighted by Gasteiger charge is -2.37. The van der Waals surface area contributed by atoms with E-state index >= 15 is 4.39 Å². The van der Waals surface area contributed by atoms with Crippen LogP contribution in [0.3, 0.4) is 0 Å². The third-order valence-electron chi connectivity index (χ3n) is 5.84. The first-order chi connectivity index (χ1) is 15.6. The quantitative estimate of drug-likeness (QED) is 0.305. The van der Waals surface area contributed by atoms with Gasteiger partial charge in [0.25, 0.3) is 0 Å². The van der Waals surface area contributed by atoms with Crippen molar-refractivity contribution in [1.29, 1.82) is 0 Å². The van der Waals surface area contributed by atoms with Gasteiger partial charge in [-0.25, -0.2) is 4.39 Å². The molecule has 0 N–H and O–H groups in total. The van der Waals surface area contributed by atoms with Crippen LogP contribution in [0.4, 0.5) is 4.39 Å². The predicted molar refractivity (Wildman–Crippen MR) is 128 cm³/mol. The van der Waals surface area contributed by atoms with Gasteiger partial charge in [-0.15, -0.1) is 0 Å². The average Bonchev–Trinajstić information content (AvgIpc) is 2.84. The summed E-state index contributed by atoms with van der Waals surface area (Å²) in [4.78, 5) is 0. The molecule has 32 heavy (non-hydrogen) atoms. The second-order valence-electron chi connectivity index (χ2n) is 7.57. The summed E-state index contributed by atoms with van der Waals surface area (Å²) in [5.41, 5.74) is 1.64. The summed E-state index contributed by atoms with van der Waals surface area (Å²) < 4.78 is 33.3. The Morgan fingerprint density at radius 3 is 2.00 bits per heavy atom. The number of benzene rings is 4. The van der Waals surface area contributed by atoms with Gasteiger partial charge in [0.2, 0.25) is 0 Å². The van der Waals surface area contributed by atoms with E-state index in [1.165, 1.54) is 6.07 Å². The molecule has 0 amide bonds. The van der Waals surface area contributed by atoms with Gasteiger partial charge >= 0.3 is 0 Å². The molecule has 160 valence electrons. The van der Waals surface area contributed by atoms with E-state index in [1.807, 2.05) is 72.8 Å². The number of hydrogen-bond acceptors (Lipinski definition) is 3. The van der Waals surface area contributed by atoms with Crippen molar-refractivity contribution in [2.45, 2.75) is 5.60 Å². The molecule has 4 aromatic rings. The molecule has 0 aliphatic carbocycles. The summed E-state index contributed by atoms with van der Waals surface area (Å²) in [6.07, 6.45) is 4.00. The van der Waals surface area contributed by atoms with Crippen LogP contribution < -0.4 is 14.2 Å². The second kappa shape index (κ2) is 7.99. The zero-order chi connectivity index (χ0) is 22.3. The van der Waals surface area contributed by atoms with Crippen LogP contribution >= 0.6 is 15.9 Å². The highest BCUT2D eigenvalue weighted by Crippen LogP contribution is 2.48. The summed E-state index contributed by atoms with van der Waals surface area (Å²) in [7, 11) is 3.27. The minimum atomic E-state index is -0.957. The molecule has 0 atom stereocenters. The van der Waals surface area contributed by atoms with Crippen LogP contribution in [0, 0.1) is 5.82 Å². The van der Waals surface area contributed by atoms with Crippen molar-refractivity contribution in [2.24, 2.45) is 0 Å². The third-order valence-corrected chi connectivity index (χ3v) is 6.50. The molecule has 0 spiro atoms. The van der Waals surface area contributed by atoms with Crippen LogP contribution in [0.1, 0.15) is 16.7 Å². The van der Waals surface area contributed by atoms with Crippen molar-refractivity contribution in [1.82, 2.24) is 0 Å². The van der Waals surface area contributed by atoms with E-state index in [1.54, 1.807) is 20.3 Å². The van der Waals surface area contributed by atoms with Crippen LogP contribution in [0.25, 0.3) is 16.8 Å². The Labute approximate surface area is 194 Å². The molecule has 5 rings (SSSR count). The Kier molecular flexibility index (Phi) is 5.14. The van der Waals surface area contributed by atoms with Gasteiger partial charge in [0.15, 0.2) is 5.60 Å². The molecule has 0 fully saturated rings. The molecule has 1 aliphatic heterocycles. The maximum absolute atomic E-state index is 15.0. The summed E-state index contributed by atoms with van der Waals surface area (Å²) in [6, 6.07) is 22.4. The maximum Gasteiger partial charge on any atom is 0.178 e. The topological polar surface area (TPSA) is 27.7 Å². The number of halogens is 2. The van der Waals surface area contributed by atoms with Gasteiger partial charge in [0.1, 0.15) is 23.1 Å². The third kappa shape index (κ3) is 3.24. The van der Waals surface area contributed by atoms with E-state index < -0.39 is 5.60 Å². The summed E-state index contributed by atoms with van der Waals surface area (Å²) in [6.45, 7) is 0. The minimum Gasteiger partial charge on any atom is -0.497 e. The highest BCUT2D eigenvalue weighted by molar-refractivity contribution is 9.10. The fourth-order valence-electron chi connectivity index (χ4n) is 4.17. The van der Waals surface area contributed by atoms with Gasteiger partial charge in [0.05, 0.1) is 19.6 Å². The Morgan fingerprint density at radius 2 is 1.44 bits per heavy atom. The van der Waals surface area contributed by atoms with Crippen molar-refractivity contribution in [3.63, 3.8) is 0 Å². The Balaban J connectivity index is 1.77. The fraction of sp³-hybridized carbons (Fsp3) is 0.111. The van der Waals surface area contributed by atoms with Gasteiger partial charge < -0.3 is 14.2 Å². The standard InChI is InChI=1S/C27H20BrFO3/c1-30-20-10-6-18(7-11-20)27(19-8-12-21(31-2)13-9-19)15-14-22-23(28)16-17-4-3-5-24(29)25(17)26(22)32-27/h3-16H,1-2H3. The zero-order valence-corrected chi connectivity index (χ0v) is 19.1. The molecular formula is C27H20BrFO3. The minimum absolute atomic E-state index is 0.320. The lowest BCUT2D eigenvalue weighted by molar-refractivity contribution is 0.163. The summed E-state index contributed by atoms with van der Waals surface area (Å²) in [5.74, 6) is 1.68. The van der Waals surface area contributed by atoms with Crippen LogP contribution in [0.15, 0.2) is 83.3 Å². The molecule has 0 saturated carbocycles. The number of rotatable bonds is 4. The van der Waals surface area contributed by atoms with Gasteiger partial charge in [-0.3, -0.25) is 0 Å². The molecule has 0 saturated heterocycles. The van der Waals surface area contributed by atoms with E-state index in [2.05, 4.69) is 15.9 Å². The molecule has 1 heterocycles.